The van der Waals surface area contributed by atoms with Crippen molar-refractivity contribution in [1.29, 1.82) is 0 Å². The van der Waals surface area contributed by atoms with E-state index in [-0.39, 0.29) is 0 Å². The molecule has 5 nitrogen and oxygen atoms in total. The van der Waals surface area contributed by atoms with Crippen molar-refractivity contribution in [2.24, 2.45) is 10.9 Å². The minimum absolute atomic E-state index is 0.497. The molecule has 0 radical (unpaired) electrons. The highest BCUT2D eigenvalue weighted by Gasteiger charge is 2.19. The molecule has 1 aliphatic rings. The zero-order valence-corrected chi connectivity index (χ0v) is 18.9. The number of thioether (sulfide) groups is 1. The summed E-state index contributed by atoms with van der Waals surface area (Å²) in [6.07, 6.45) is 3.64. The van der Waals surface area contributed by atoms with Crippen LogP contribution >= 0.6 is 11.8 Å². The third-order valence-corrected chi connectivity index (χ3v) is 6.35. The molecule has 28 heavy (non-hydrogen) atoms. The lowest BCUT2D eigenvalue weighted by Gasteiger charge is -2.32. The molecule has 1 unspecified atom stereocenters. The van der Waals surface area contributed by atoms with E-state index < -0.39 is 0 Å². The SMILES string of the molecule is CCCN1CCC(NC(=NCC(C)CSc2ccccc2OC)NCC)CC1. The van der Waals surface area contributed by atoms with Crippen molar-refractivity contribution in [1.82, 2.24) is 15.5 Å². The summed E-state index contributed by atoms with van der Waals surface area (Å²) in [5.74, 6) is 3.44. The predicted molar refractivity (Wildman–Crippen MR) is 122 cm³/mol. The molecule has 6 heteroatoms. The van der Waals surface area contributed by atoms with E-state index >= 15 is 0 Å². The van der Waals surface area contributed by atoms with E-state index in [0.29, 0.717) is 12.0 Å². The smallest absolute Gasteiger partial charge is 0.191 e. The number of likely N-dealkylation sites (tertiary alicyclic amines) is 1. The van der Waals surface area contributed by atoms with Gasteiger partial charge in [-0.15, -0.1) is 11.8 Å². The first-order chi connectivity index (χ1) is 13.7. The maximum atomic E-state index is 5.44. The molecular weight excluding hydrogens is 368 g/mol. The van der Waals surface area contributed by atoms with Gasteiger partial charge in [-0.05, 0) is 50.8 Å². The fourth-order valence-electron chi connectivity index (χ4n) is 3.40. The Kier molecular flexibility index (Phi) is 10.6. The normalized spacial score (nSPS) is 17.4. The number of benzene rings is 1. The highest BCUT2D eigenvalue weighted by Crippen LogP contribution is 2.30. The van der Waals surface area contributed by atoms with Crippen molar-refractivity contribution >= 4 is 17.7 Å². The van der Waals surface area contributed by atoms with Crippen molar-refractivity contribution in [3.05, 3.63) is 24.3 Å². The summed E-state index contributed by atoms with van der Waals surface area (Å²) >= 11 is 1.84. The quantitative estimate of drug-likeness (QED) is 0.351. The van der Waals surface area contributed by atoms with Crippen molar-refractivity contribution in [3.63, 3.8) is 0 Å². The molecule has 0 aromatic heterocycles. The van der Waals surface area contributed by atoms with E-state index in [1.54, 1.807) is 7.11 Å². The van der Waals surface area contributed by atoms with Crippen LogP contribution in [-0.2, 0) is 0 Å². The van der Waals surface area contributed by atoms with Gasteiger partial charge in [0.25, 0.3) is 0 Å². The Hall–Kier alpha value is -1.40. The van der Waals surface area contributed by atoms with Crippen LogP contribution in [0, 0.1) is 5.92 Å². The van der Waals surface area contributed by atoms with E-state index in [4.69, 9.17) is 9.73 Å². The van der Waals surface area contributed by atoms with Crippen LogP contribution in [0.2, 0.25) is 0 Å². The van der Waals surface area contributed by atoms with Crippen LogP contribution < -0.4 is 15.4 Å². The van der Waals surface area contributed by atoms with Crippen LogP contribution in [0.1, 0.15) is 40.0 Å². The van der Waals surface area contributed by atoms with Crippen LogP contribution in [0.25, 0.3) is 0 Å². The monoisotopic (exact) mass is 406 g/mol. The summed E-state index contributed by atoms with van der Waals surface area (Å²) in [6.45, 7) is 12.0. The highest BCUT2D eigenvalue weighted by atomic mass is 32.2. The number of ether oxygens (including phenoxy) is 1. The Balaban J connectivity index is 1.79. The molecule has 1 aliphatic heterocycles. The molecular formula is C22H38N4OS. The summed E-state index contributed by atoms with van der Waals surface area (Å²) in [5, 5.41) is 7.06. The number of aliphatic imine (C=N–C) groups is 1. The molecule has 158 valence electrons. The van der Waals surface area contributed by atoms with Crippen LogP contribution in [-0.4, -0.2) is 62.5 Å². The van der Waals surface area contributed by atoms with E-state index in [0.717, 1.165) is 30.6 Å². The van der Waals surface area contributed by atoms with Crippen LogP contribution in [0.3, 0.4) is 0 Å². The molecule has 0 saturated carbocycles. The standard InChI is InChI=1S/C22H38N4OS/c1-5-13-26-14-11-19(12-15-26)25-22(23-6-2)24-16-18(3)17-28-21-10-8-7-9-20(21)27-4/h7-10,18-19H,5-6,11-17H2,1-4H3,(H2,23,24,25). The lowest BCUT2D eigenvalue weighted by molar-refractivity contribution is 0.206. The minimum atomic E-state index is 0.497. The number of rotatable bonds is 10. The number of para-hydroxylation sites is 1. The van der Waals surface area contributed by atoms with E-state index in [1.165, 1.54) is 43.8 Å². The topological polar surface area (TPSA) is 48.9 Å². The summed E-state index contributed by atoms with van der Waals surface area (Å²) in [4.78, 5) is 8.62. The molecule has 1 aromatic carbocycles. The Morgan fingerprint density at radius 2 is 2.04 bits per heavy atom. The van der Waals surface area contributed by atoms with Crippen LogP contribution in [0.15, 0.2) is 34.2 Å². The molecule has 1 fully saturated rings. The number of hydrogen-bond acceptors (Lipinski definition) is 4. The fourth-order valence-corrected chi connectivity index (χ4v) is 4.44. The second kappa shape index (κ2) is 12.9. The number of nitrogens with one attached hydrogen (secondary N) is 2. The number of hydrogen-bond donors (Lipinski definition) is 2. The zero-order chi connectivity index (χ0) is 20.2. The van der Waals surface area contributed by atoms with E-state index in [9.17, 15) is 0 Å². The summed E-state index contributed by atoms with van der Waals surface area (Å²) in [7, 11) is 1.73. The first kappa shape index (κ1) is 22.9. The molecule has 0 aliphatic carbocycles. The van der Waals surface area contributed by atoms with Gasteiger partial charge in [0, 0.05) is 42.9 Å². The molecule has 1 atom stereocenters. The third kappa shape index (κ3) is 7.92. The van der Waals surface area contributed by atoms with Crippen molar-refractivity contribution < 1.29 is 4.74 Å². The van der Waals surface area contributed by atoms with Gasteiger partial charge in [0.1, 0.15) is 5.75 Å². The zero-order valence-electron chi connectivity index (χ0n) is 18.0. The third-order valence-electron chi connectivity index (χ3n) is 4.97. The van der Waals surface area contributed by atoms with Gasteiger partial charge in [-0.1, -0.05) is 26.0 Å². The minimum Gasteiger partial charge on any atom is -0.496 e. The number of piperidine rings is 1. The summed E-state index contributed by atoms with van der Waals surface area (Å²) in [5.41, 5.74) is 0. The Labute approximate surface area is 175 Å². The molecule has 0 bridgehead atoms. The first-order valence-electron chi connectivity index (χ1n) is 10.7. The second-order valence-electron chi connectivity index (χ2n) is 7.55. The molecule has 1 aromatic rings. The molecule has 1 heterocycles. The number of nitrogens with zero attached hydrogens (tertiary/aromatic N) is 2. The van der Waals surface area contributed by atoms with Crippen molar-refractivity contribution in [3.8, 4) is 5.75 Å². The number of methoxy groups -OCH3 is 1. The molecule has 0 amide bonds. The predicted octanol–water partition coefficient (Wildman–Crippen LogP) is 3.85. The summed E-state index contributed by atoms with van der Waals surface area (Å²) < 4.78 is 5.44. The van der Waals surface area contributed by atoms with Gasteiger partial charge in [-0.25, -0.2) is 0 Å². The van der Waals surface area contributed by atoms with E-state index in [1.807, 2.05) is 23.9 Å². The average Bonchev–Trinajstić information content (AvgIpc) is 2.72. The van der Waals surface area contributed by atoms with Crippen LogP contribution in [0.5, 0.6) is 5.75 Å². The molecule has 0 spiro atoms. The van der Waals surface area contributed by atoms with Crippen molar-refractivity contribution in [2.45, 2.75) is 51.0 Å². The van der Waals surface area contributed by atoms with Gasteiger partial charge in [0.05, 0.1) is 7.11 Å². The lowest BCUT2D eigenvalue weighted by Crippen LogP contribution is -2.48. The van der Waals surface area contributed by atoms with Crippen molar-refractivity contribution in [2.75, 3.05) is 45.6 Å². The lowest BCUT2D eigenvalue weighted by atomic mass is 10.1. The van der Waals surface area contributed by atoms with Gasteiger partial charge in [-0.2, -0.15) is 0 Å². The highest BCUT2D eigenvalue weighted by molar-refractivity contribution is 7.99. The fraction of sp³-hybridized carbons (Fsp3) is 0.682. The van der Waals surface area contributed by atoms with Gasteiger partial charge in [-0.3, -0.25) is 4.99 Å². The maximum absolute atomic E-state index is 5.44. The van der Waals surface area contributed by atoms with Gasteiger partial charge in [0.15, 0.2) is 5.96 Å². The Bertz CT molecular complexity index is 588. The largest absolute Gasteiger partial charge is 0.496 e. The number of guanidine groups is 1. The Morgan fingerprint density at radius 1 is 1.29 bits per heavy atom. The molecule has 1 saturated heterocycles. The molecule has 2 N–H and O–H groups in total. The maximum Gasteiger partial charge on any atom is 0.191 e. The van der Waals surface area contributed by atoms with Gasteiger partial charge in [0.2, 0.25) is 0 Å². The van der Waals surface area contributed by atoms with Crippen LogP contribution in [0.4, 0.5) is 0 Å². The molecule has 2 rings (SSSR count). The Morgan fingerprint density at radius 3 is 2.71 bits per heavy atom. The van der Waals surface area contributed by atoms with E-state index in [2.05, 4.69) is 48.4 Å². The summed E-state index contributed by atoms with van der Waals surface area (Å²) in [6, 6.07) is 8.74. The second-order valence-corrected chi connectivity index (χ2v) is 8.61. The first-order valence-corrected chi connectivity index (χ1v) is 11.7. The average molecular weight is 407 g/mol. The van der Waals surface area contributed by atoms with Gasteiger partial charge >= 0.3 is 0 Å². The van der Waals surface area contributed by atoms with Gasteiger partial charge < -0.3 is 20.3 Å².